The predicted octanol–water partition coefficient (Wildman–Crippen LogP) is 2.95. The highest BCUT2D eigenvalue weighted by atomic mass is 32.1. The molecule has 0 saturated heterocycles. The van der Waals surface area contributed by atoms with E-state index in [0.29, 0.717) is 12.1 Å². The van der Waals surface area contributed by atoms with Gasteiger partial charge in [0.1, 0.15) is 18.1 Å². The smallest absolute Gasteiger partial charge is 0.336 e. The fraction of sp³-hybridized carbons (Fsp3) is 0.118. The van der Waals surface area contributed by atoms with Crippen LogP contribution in [0.25, 0.3) is 0 Å². The number of carboxylic acids is 1. The number of nitrogens with one attached hydrogen (secondary N) is 2. The molecule has 2 aromatic carbocycles. The Balaban J connectivity index is 1.84. The standard InChI is InChI=1S/C17H13F3N2O4S/c18-9-7-12(19)14(13(20)8-9)22-17(27)26-6-5-21-15(23)10-3-1-2-4-11(10)16(24)25/h1-4,7-8H,5-6H2,(H,21,23)(H,22,27)(H,24,25). The van der Waals surface area contributed by atoms with Gasteiger partial charge in [0, 0.05) is 12.1 Å². The number of rotatable bonds is 6. The SMILES string of the molecule is O=C(O)c1ccccc1C(=O)NCCOC(=S)Nc1c(F)cc(F)cc1F. The normalized spacial score (nSPS) is 10.2. The molecule has 0 aliphatic rings. The van der Waals surface area contributed by atoms with Crippen LogP contribution in [0.1, 0.15) is 20.7 Å². The quantitative estimate of drug-likeness (QED) is 0.512. The minimum absolute atomic E-state index is 0.0267. The zero-order valence-corrected chi connectivity index (χ0v) is 14.4. The second kappa shape index (κ2) is 8.99. The van der Waals surface area contributed by atoms with Gasteiger partial charge in [-0.1, -0.05) is 12.1 Å². The van der Waals surface area contributed by atoms with E-state index >= 15 is 0 Å². The Morgan fingerprint density at radius 2 is 1.67 bits per heavy atom. The highest BCUT2D eigenvalue weighted by molar-refractivity contribution is 7.80. The van der Waals surface area contributed by atoms with Gasteiger partial charge in [0.05, 0.1) is 17.7 Å². The fourth-order valence-electron chi connectivity index (χ4n) is 2.07. The third-order valence-corrected chi connectivity index (χ3v) is 3.48. The minimum Gasteiger partial charge on any atom is -0.478 e. The Morgan fingerprint density at radius 3 is 2.26 bits per heavy atom. The van der Waals surface area contributed by atoms with Crippen LogP contribution in [0.5, 0.6) is 0 Å². The molecule has 0 aromatic heterocycles. The van der Waals surface area contributed by atoms with Crippen molar-refractivity contribution in [3.05, 3.63) is 65.0 Å². The lowest BCUT2D eigenvalue weighted by atomic mass is 10.1. The lowest BCUT2D eigenvalue weighted by Gasteiger charge is -2.12. The van der Waals surface area contributed by atoms with E-state index in [2.05, 4.69) is 10.6 Å². The van der Waals surface area contributed by atoms with Crippen LogP contribution < -0.4 is 10.6 Å². The van der Waals surface area contributed by atoms with E-state index < -0.39 is 35.0 Å². The van der Waals surface area contributed by atoms with Gasteiger partial charge in [-0.3, -0.25) is 4.79 Å². The van der Waals surface area contributed by atoms with E-state index in [0.717, 1.165) is 0 Å². The molecule has 0 bridgehead atoms. The maximum Gasteiger partial charge on any atom is 0.336 e. The number of hydrogen-bond donors (Lipinski definition) is 3. The lowest BCUT2D eigenvalue weighted by Crippen LogP contribution is -2.30. The van der Waals surface area contributed by atoms with Crippen LogP contribution in [0.4, 0.5) is 18.9 Å². The molecule has 0 aliphatic heterocycles. The van der Waals surface area contributed by atoms with E-state index in [9.17, 15) is 22.8 Å². The first-order chi connectivity index (χ1) is 12.8. The van der Waals surface area contributed by atoms with Crippen molar-refractivity contribution in [2.45, 2.75) is 0 Å². The number of thiocarbonyl (C=S) groups is 1. The molecule has 2 rings (SSSR count). The third-order valence-electron chi connectivity index (χ3n) is 3.26. The molecule has 2 aromatic rings. The largest absolute Gasteiger partial charge is 0.478 e. The Labute approximate surface area is 156 Å². The molecule has 142 valence electrons. The molecule has 27 heavy (non-hydrogen) atoms. The third kappa shape index (κ3) is 5.42. The Kier molecular flexibility index (Phi) is 6.72. The van der Waals surface area contributed by atoms with Gasteiger partial charge < -0.3 is 20.5 Å². The first-order valence-electron chi connectivity index (χ1n) is 7.48. The minimum atomic E-state index is -1.24. The second-order valence-electron chi connectivity index (χ2n) is 5.11. The van der Waals surface area contributed by atoms with E-state index in [1.54, 1.807) is 0 Å². The first-order valence-corrected chi connectivity index (χ1v) is 7.89. The van der Waals surface area contributed by atoms with Crippen molar-refractivity contribution in [1.29, 1.82) is 0 Å². The zero-order valence-electron chi connectivity index (χ0n) is 13.6. The number of hydrogen-bond acceptors (Lipinski definition) is 4. The van der Waals surface area contributed by atoms with Gasteiger partial charge in [-0.25, -0.2) is 18.0 Å². The summed E-state index contributed by atoms with van der Waals surface area (Å²) in [6, 6.07) is 6.61. The molecular weight excluding hydrogens is 385 g/mol. The molecular formula is C17H13F3N2O4S. The maximum absolute atomic E-state index is 13.5. The Hall–Kier alpha value is -3.14. The molecule has 0 atom stereocenters. The van der Waals surface area contributed by atoms with Crippen LogP contribution in [0.15, 0.2) is 36.4 Å². The van der Waals surface area contributed by atoms with Crippen LogP contribution in [0, 0.1) is 17.5 Å². The lowest BCUT2D eigenvalue weighted by molar-refractivity contribution is 0.0691. The topological polar surface area (TPSA) is 87.7 Å². The van der Waals surface area contributed by atoms with Gasteiger partial charge in [-0.15, -0.1) is 0 Å². The van der Waals surface area contributed by atoms with Gasteiger partial charge in [0.15, 0.2) is 11.6 Å². The van der Waals surface area contributed by atoms with Crippen molar-refractivity contribution < 1.29 is 32.6 Å². The van der Waals surface area contributed by atoms with Gasteiger partial charge in [-0.05, 0) is 24.4 Å². The van der Waals surface area contributed by atoms with E-state index in [-0.39, 0.29) is 29.5 Å². The molecule has 1 amide bonds. The van der Waals surface area contributed by atoms with E-state index in [1.165, 1.54) is 24.3 Å². The number of aromatic carboxylic acids is 1. The number of amides is 1. The van der Waals surface area contributed by atoms with E-state index in [1.807, 2.05) is 0 Å². The highest BCUT2D eigenvalue weighted by Crippen LogP contribution is 2.20. The van der Waals surface area contributed by atoms with Crippen LogP contribution >= 0.6 is 12.2 Å². The summed E-state index contributed by atoms with van der Waals surface area (Å²) in [6.07, 6.45) is 0. The summed E-state index contributed by atoms with van der Waals surface area (Å²) < 4.78 is 44.8. The number of carboxylic acid groups (broad SMARTS) is 1. The molecule has 6 nitrogen and oxygen atoms in total. The number of carbonyl (C=O) groups excluding carboxylic acids is 1. The number of carbonyl (C=O) groups is 2. The highest BCUT2D eigenvalue weighted by Gasteiger charge is 2.16. The molecule has 0 aliphatic carbocycles. The van der Waals surface area contributed by atoms with Crippen LogP contribution in [-0.4, -0.2) is 35.3 Å². The van der Waals surface area contributed by atoms with Crippen molar-refractivity contribution in [2.24, 2.45) is 0 Å². The summed E-state index contributed by atoms with van der Waals surface area (Å²) in [7, 11) is 0. The zero-order chi connectivity index (χ0) is 20.0. The summed E-state index contributed by atoms with van der Waals surface area (Å²) >= 11 is 4.76. The van der Waals surface area contributed by atoms with Gasteiger partial charge >= 0.3 is 5.97 Å². The van der Waals surface area contributed by atoms with Crippen molar-refractivity contribution in [2.75, 3.05) is 18.5 Å². The average molecular weight is 398 g/mol. The molecule has 10 heteroatoms. The summed E-state index contributed by atoms with van der Waals surface area (Å²) in [4.78, 5) is 23.1. The summed E-state index contributed by atoms with van der Waals surface area (Å²) in [5.41, 5.74) is -0.850. The van der Waals surface area contributed by atoms with Crippen molar-refractivity contribution >= 4 is 35.0 Å². The molecule has 3 N–H and O–H groups in total. The number of halogens is 3. The number of ether oxygens (including phenoxy) is 1. The van der Waals surface area contributed by atoms with Crippen LogP contribution in [-0.2, 0) is 4.74 Å². The molecule has 0 saturated carbocycles. The molecule has 0 fully saturated rings. The predicted molar refractivity (Wildman–Crippen MR) is 94.2 cm³/mol. The summed E-state index contributed by atoms with van der Waals surface area (Å²) in [5, 5.41) is 13.2. The van der Waals surface area contributed by atoms with Crippen LogP contribution in [0.2, 0.25) is 0 Å². The molecule has 0 heterocycles. The monoisotopic (exact) mass is 398 g/mol. The van der Waals surface area contributed by atoms with Gasteiger partial charge in [0.2, 0.25) is 0 Å². The van der Waals surface area contributed by atoms with Gasteiger partial charge in [-0.2, -0.15) is 0 Å². The first kappa shape index (κ1) is 20.2. The van der Waals surface area contributed by atoms with E-state index in [4.69, 9.17) is 22.1 Å². The fourth-order valence-corrected chi connectivity index (χ4v) is 2.26. The van der Waals surface area contributed by atoms with Crippen molar-refractivity contribution in [3.63, 3.8) is 0 Å². The molecule has 0 radical (unpaired) electrons. The Bertz CT molecular complexity index is 869. The van der Waals surface area contributed by atoms with Crippen LogP contribution in [0.3, 0.4) is 0 Å². The maximum atomic E-state index is 13.5. The Morgan fingerprint density at radius 1 is 1.07 bits per heavy atom. The number of benzene rings is 2. The second-order valence-corrected chi connectivity index (χ2v) is 5.48. The molecule has 0 spiro atoms. The summed E-state index contributed by atoms with van der Waals surface area (Å²) in [5.74, 6) is -5.32. The van der Waals surface area contributed by atoms with Crippen molar-refractivity contribution in [3.8, 4) is 0 Å². The summed E-state index contributed by atoms with van der Waals surface area (Å²) in [6.45, 7) is -0.208. The average Bonchev–Trinajstić information content (AvgIpc) is 2.61. The van der Waals surface area contributed by atoms with Gasteiger partial charge in [0.25, 0.3) is 11.1 Å². The molecule has 0 unspecified atom stereocenters. The van der Waals surface area contributed by atoms with Crippen molar-refractivity contribution in [1.82, 2.24) is 5.32 Å². The number of anilines is 1.